The summed E-state index contributed by atoms with van der Waals surface area (Å²) in [6.07, 6.45) is 11.2. The molecule has 16 heavy (non-hydrogen) atoms. The minimum atomic E-state index is -0.0967. The predicted molar refractivity (Wildman–Crippen MR) is 66.3 cm³/mol. The average Bonchev–Trinajstić information content (AvgIpc) is 2.30. The second kappa shape index (κ2) is 6.93. The Morgan fingerprint density at radius 1 is 1.12 bits per heavy atom. The van der Waals surface area contributed by atoms with Gasteiger partial charge in [-0.3, -0.25) is 4.79 Å². The minimum Gasteiger partial charge on any atom is -0.459 e. The topological polar surface area (TPSA) is 26.3 Å². The molecule has 1 rings (SSSR count). The molecular formula is C14H26O2. The van der Waals surface area contributed by atoms with E-state index < -0.39 is 0 Å². The molecule has 2 nitrogen and oxygen atoms in total. The van der Waals surface area contributed by atoms with Crippen molar-refractivity contribution < 1.29 is 9.53 Å². The third kappa shape index (κ3) is 4.15. The Hall–Kier alpha value is -0.530. The van der Waals surface area contributed by atoms with Gasteiger partial charge >= 0.3 is 5.97 Å². The van der Waals surface area contributed by atoms with Crippen LogP contribution in [0, 0.1) is 0 Å². The van der Waals surface area contributed by atoms with Gasteiger partial charge in [0, 0.05) is 6.42 Å². The average molecular weight is 226 g/mol. The van der Waals surface area contributed by atoms with Crippen LogP contribution in [0.1, 0.15) is 78.1 Å². The number of carbonyl (C=O) groups excluding carboxylic acids is 1. The molecule has 0 atom stereocenters. The van der Waals surface area contributed by atoms with Crippen LogP contribution >= 0.6 is 0 Å². The molecule has 1 aliphatic carbocycles. The molecule has 0 amide bonds. The first-order chi connectivity index (χ1) is 7.72. The highest BCUT2D eigenvalue weighted by molar-refractivity contribution is 5.69. The molecule has 0 saturated heterocycles. The fraction of sp³-hybridized carbons (Fsp3) is 0.929. The number of esters is 1. The largest absolute Gasteiger partial charge is 0.459 e. The standard InChI is InChI=1S/C14H26O2/c1-3-5-7-10-14(16-13(15)4-2)11-8-6-9-12-14/h3-12H2,1-2H3. The highest BCUT2D eigenvalue weighted by atomic mass is 16.6. The number of rotatable bonds is 6. The Balaban J connectivity index is 2.49. The highest BCUT2D eigenvalue weighted by Crippen LogP contribution is 2.36. The Morgan fingerprint density at radius 3 is 2.38 bits per heavy atom. The first kappa shape index (κ1) is 13.5. The molecule has 2 heteroatoms. The quantitative estimate of drug-likeness (QED) is 0.500. The van der Waals surface area contributed by atoms with Crippen LogP contribution in [-0.2, 0) is 9.53 Å². The molecule has 1 saturated carbocycles. The monoisotopic (exact) mass is 226 g/mol. The van der Waals surface area contributed by atoms with E-state index in [1.54, 1.807) is 0 Å². The van der Waals surface area contributed by atoms with E-state index in [2.05, 4.69) is 6.92 Å². The van der Waals surface area contributed by atoms with Gasteiger partial charge in [0.2, 0.25) is 0 Å². The van der Waals surface area contributed by atoms with Crippen molar-refractivity contribution >= 4 is 5.97 Å². The number of carbonyl (C=O) groups is 1. The Labute approximate surface area is 99.8 Å². The maximum absolute atomic E-state index is 11.5. The first-order valence-electron chi connectivity index (χ1n) is 6.94. The zero-order chi connectivity index (χ0) is 11.9. The Kier molecular flexibility index (Phi) is 5.86. The van der Waals surface area contributed by atoms with Crippen molar-refractivity contribution in [2.75, 3.05) is 0 Å². The fourth-order valence-electron chi connectivity index (χ4n) is 2.61. The van der Waals surface area contributed by atoms with Crippen LogP contribution in [-0.4, -0.2) is 11.6 Å². The molecule has 0 bridgehead atoms. The van der Waals surface area contributed by atoms with Crippen molar-refractivity contribution in [1.29, 1.82) is 0 Å². The molecule has 1 fully saturated rings. The lowest BCUT2D eigenvalue weighted by molar-refractivity contribution is -0.164. The smallest absolute Gasteiger partial charge is 0.306 e. The van der Waals surface area contributed by atoms with Crippen LogP contribution in [0.4, 0.5) is 0 Å². The molecule has 0 spiro atoms. The Morgan fingerprint density at radius 2 is 1.81 bits per heavy atom. The minimum absolute atomic E-state index is 0.0154. The molecule has 0 radical (unpaired) electrons. The summed E-state index contributed by atoms with van der Waals surface area (Å²) in [4.78, 5) is 11.5. The van der Waals surface area contributed by atoms with Crippen LogP contribution in [0.5, 0.6) is 0 Å². The maximum Gasteiger partial charge on any atom is 0.306 e. The fourth-order valence-corrected chi connectivity index (χ4v) is 2.61. The predicted octanol–water partition coefficient (Wildman–Crippen LogP) is 4.22. The highest BCUT2D eigenvalue weighted by Gasteiger charge is 2.34. The van der Waals surface area contributed by atoms with Gasteiger partial charge in [-0.05, 0) is 38.5 Å². The van der Waals surface area contributed by atoms with Gasteiger partial charge < -0.3 is 4.74 Å². The van der Waals surface area contributed by atoms with Crippen molar-refractivity contribution in [2.24, 2.45) is 0 Å². The van der Waals surface area contributed by atoms with E-state index in [0.717, 1.165) is 19.3 Å². The molecule has 0 aliphatic heterocycles. The molecule has 1 aliphatic rings. The Bertz CT molecular complexity index is 205. The van der Waals surface area contributed by atoms with Crippen LogP contribution in [0.15, 0.2) is 0 Å². The van der Waals surface area contributed by atoms with Crippen LogP contribution < -0.4 is 0 Å². The summed E-state index contributed by atoms with van der Waals surface area (Å²) in [6, 6.07) is 0. The zero-order valence-electron chi connectivity index (χ0n) is 10.9. The van der Waals surface area contributed by atoms with E-state index in [9.17, 15) is 4.79 Å². The van der Waals surface area contributed by atoms with Gasteiger partial charge in [-0.1, -0.05) is 33.1 Å². The van der Waals surface area contributed by atoms with Crippen molar-refractivity contribution in [3.63, 3.8) is 0 Å². The molecule has 0 heterocycles. The lowest BCUT2D eigenvalue weighted by Crippen LogP contribution is -2.37. The van der Waals surface area contributed by atoms with E-state index in [1.165, 1.54) is 38.5 Å². The number of hydrogen-bond donors (Lipinski definition) is 0. The van der Waals surface area contributed by atoms with E-state index in [4.69, 9.17) is 4.74 Å². The third-order valence-electron chi connectivity index (χ3n) is 3.62. The SMILES string of the molecule is CCCCCC1(OC(=O)CC)CCCCC1. The summed E-state index contributed by atoms with van der Waals surface area (Å²) < 4.78 is 5.74. The van der Waals surface area contributed by atoms with E-state index >= 15 is 0 Å². The van der Waals surface area contributed by atoms with Crippen molar-refractivity contribution in [1.82, 2.24) is 0 Å². The van der Waals surface area contributed by atoms with Crippen molar-refractivity contribution in [2.45, 2.75) is 83.7 Å². The lowest BCUT2D eigenvalue weighted by atomic mass is 9.81. The summed E-state index contributed by atoms with van der Waals surface area (Å²) in [5.74, 6) is -0.0154. The lowest BCUT2D eigenvalue weighted by Gasteiger charge is -2.37. The van der Waals surface area contributed by atoms with Gasteiger partial charge in [-0.2, -0.15) is 0 Å². The maximum atomic E-state index is 11.5. The second-order valence-electron chi connectivity index (χ2n) is 5.03. The van der Waals surface area contributed by atoms with Crippen molar-refractivity contribution in [3.8, 4) is 0 Å². The molecule has 94 valence electrons. The summed E-state index contributed by atoms with van der Waals surface area (Å²) in [5, 5.41) is 0. The third-order valence-corrected chi connectivity index (χ3v) is 3.62. The molecule has 0 N–H and O–H groups in total. The summed E-state index contributed by atoms with van der Waals surface area (Å²) in [5.41, 5.74) is -0.0967. The van der Waals surface area contributed by atoms with E-state index in [-0.39, 0.29) is 11.6 Å². The van der Waals surface area contributed by atoms with Crippen LogP contribution in [0.25, 0.3) is 0 Å². The van der Waals surface area contributed by atoms with Crippen LogP contribution in [0.3, 0.4) is 0 Å². The second-order valence-corrected chi connectivity index (χ2v) is 5.03. The molecule has 0 aromatic rings. The van der Waals surface area contributed by atoms with E-state index in [1.807, 2.05) is 6.92 Å². The normalized spacial score (nSPS) is 19.4. The first-order valence-corrected chi connectivity index (χ1v) is 6.94. The summed E-state index contributed by atoms with van der Waals surface area (Å²) in [7, 11) is 0. The van der Waals surface area contributed by atoms with Gasteiger partial charge in [-0.25, -0.2) is 0 Å². The van der Waals surface area contributed by atoms with Gasteiger partial charge in [-0.15, -0.1) is 0 Å². The molecule has 0 aromatic heterocycles. The number of hydrogen-bond acceptors (Lipinski definition) is 2. The van der Waals surface area contributed by atoms with Crippen molar-refractivity contribution in [3.05, 3.63) is 0 Å². The van der Waals surface area contributed by atoms with Gasteiger partial charge in [0.15, 0.2) is 0 Å². The molecule has 0 unspecified atom stereocenters. The zero-order valence-corrected chi connectivity index (χ0v) is 10.9. The van der Waals surface area contributed by atoms with E-state index in [0.29, 0.717) is 6.42 Å². The molecule has 0 aromatic carbocycles. The van der Waals surface area contributed by atoms with Gasteiger partial charge in [0.1, 0.15) is 5.60 Å². The summed E-state index contributed by atoms with van der Waals surface area (Å²) in [6.45, 7) is 4.09. The summed E-state index contributed by atoms with van der Waals surface area (Å²) >= 11 is 0. The number of ether oxygens (including phenoxy) is 1. The van der Waals surface area contributed by atoms with Gasteiger partial charge in [0.25, 0.3) is 0 Å². The number of unbranched alkanes of at least 4 members (excludes halogenated alkanes) is 2. The van der Waals surface area contributed by atoms with Crippen LogP contribution in [0.2, 0.25) is 0 Å². The molecular weight excluding hydrogens is 200 g/mol. The van der Waals surface area contributed by atoms with Gasteiger partial charge in [0.05, 0.1) is 0 Å².